The van der Waals surface area contributed by atoms with Crippen LogP contribution in [-0.4, -0.2) is 26.8 Å². The maximum atomic E-state index is 12.3. The van der Waals surface area contributed by atoms with E-state index in [0.717, 1.165) is 0 Å². The van der Waals surface area contributed by atoms with E-state index >= 15 is 0 Å². The van der Waals surface area contributed by atoms with Gasteiger partial charge in [0.05, 0.1) is 12.5 Å². The van der Waals surface area contributed by atoms with Crippen molar-refractivity contribution in [2.24, 2.45) is 0 Å². The molecule has 1 aromatic carbocycles. The Morgan fingerprint density at radius 1 is 1.26 bits per heavy atom. The molecule has 122 valence electrons. The number of nitrogens with zero attached hydrogens (tertiary/aromatic N) is 2. The van der Waals surface area contributed by atoms with E-state index in [0.29, 0.717) is 10.6 Å². The first kappa shape index (κ1) is 17.0. The number of nitrogens with one attached hydrogen (secondary N) is 1. The zero-order valence-corrected chi connectivity index (χ0v) is 13.6. The van der Waals surface area contributed by atoms with E-state index in [1.807, 2.05) is 13.8 Å². The molecule has 0 fully saturated rings. The third kappa shape index (κ3) is 4.56. The molecule has 0 bridgehead atoms. The van der Waals surface area contributed by atoms with Crippen LogP contribution in [0.2, 0.25) is 5.02 Å². The van der Waals surface area contributed by atoms with Crippen molar-refractivity contribution in [3.8, 4) is 0 Å². The van der Waals surface area contributed by atoms with E-state index in [9.17, 15) is 9.59 Å². The average molecular weight is 336 g/mol. The fourth-order valence-corrected chi connectivity index (χ4v) is 2.23. The summed E-state index contributed by atoms with van der Waals surface area (Å²) in [4.78, 5) is 23.4. The first-order chi connectivity index (χ1) is 10.9. The average Bonchev–Trinajstić information content (AvgIpc) is 2.97. The topological polar surface area (TPSA) is 84.2 Å². The SMILES string of the molecule is CC(C)n1ccc(C(=O)N[C@@H](CC(=O)O)c2ccc(Cl)cc2)n1. The second-order valence-electron chi connectivity index (χ2n) is 5.45. The van der Waals surface area contributed by atoms with E-state index in [1.54, 1.807) is 41.2 Å². The summed E-state index contributed by atoms with van der Waals surface area (Å²) < 4.78 is 1.67. The lowest BCUT2D eigenvalue weighted by Crippen LogP contribution is -2.30. The number of amides is 1. The molecule has 0 aliphatic rings. The Labute approximate surface area is 139 Å². The molecule has 7 heteroatoms. The smallest absolute Gasteiger partial charge is 0.305 e. The quantitative estimate of drug-likeness (QED) is 0.849. The normalized spacial score (nSPS) is 12.2. The molecule has 23 heavy (non-hydrogen) atoms. The number of carbonyl (C=O) groups is 2. The van der Waals surface area contributed by atoms with Crippen molar-refractivity contribution in [3.63, 3.8) is 0 Å². The third-order valence-electron chi connectivity index (χ3n) is 3.33. The number of hydrogen-bond acceptors (Lipinski definition) is 3. The first-order valence-corrected chi connectivity index (χ1v) is 7.58. The highest BCUT2D eigenvalue weighted by Gasteiger charge is 2.20. The zero-order chi connectivity index (χ0) is 17.0. The predicted molar refractivity (Wildman–Crippen MR) is 86.5 cm³/mol. The van der Waals surface area contributed by atoms with E-state index in [-0.39, 0.29) is 18.2 Å². The molecule has 0 saturated heterocycles. The highest BCUT2D eigenvalue weighted by atomic mass is 35.5. The van der Waals surface area contributed by atoms with Crippen LogP contribution in [-0.2, 0) is 4.79 Å². The highest BCUT2D eigenvalue weighted by Crippen LogP contribution is 2.20. The molecular weight excluding hydrogens is 318 g/mol. The molecule has 0 saturated carbocycles. The summed E-state index contributed by atoms with van der Waals surface area (Å²) >= 11 is 5.84. The van der Waals surface area contributed by atoms with E-state index in [1.165, 1.54) is 0 Å². The van der Waals surface area contributed by atoms with Crippen molar-refractivity contribution in [1.82, 2.24) is 15.1 Å². The molecule has 2 N–H and O–H groups in total. The Hall–Kier alpha value is -2.34. The Balaban J connectivity index is 2.17. The molecule has 1 atom stereocenters. The summed E-state index contributed by atoms with van der Waals surface area (Å²) in [5.74, 6) is -1.41. The number of aliphatic carboxylic acids is 1. The van der Waals surface area contributed by atoms with Gasteiger partial charge in [0.1, 0.15) is 5.69 Å². The van der Waals surface area contributed by atoms with Gasteiger partial charge in [-0.2, -0.15) is 5.10 Å². The molecule has 6 nitrogen and oxygen atoms in total. The van der Waals surface area contributed by atoms with Crippen molar-refractivity contribution in [2.75, 3.05) is 0 Å². The van der Waals surface area contributed by atoms with Crippen LogP contribution in [0.3, 0.4) is 0 Å². The molecule has 1 aromatic heterocycles. The summed E-state index contributed by atoms with van der Waals surface area (Å²) in [6.07, 6.45) is 1.49. The minimum Gasteiger partial charge on any atom is -0.481 e. The van der Waals surface area contributed by atoms with Gasteiger partial charge in [-0.1, -0.05) is 23.7 Å². The number of hydrogen-bond donors (Lipinski definition) is 2. The molecule has 0 aliphatic carbocycles. The highest BCUT2D eigenvalue weighted by molar-refractivity contribution is 6.30. The number of aromatic nitrogens is 2. The van der Waals surface area contributed by atoms with Crippen LogP contribution >= 0.6 is 11.6 Å². The van der Waals surface area contributed by atoms with Gasteiger partial charge < -0.3 is 10.4 Å². The van der Waals surface area contributed by atoms with Crippen molar-refractivity contribution < 1.29 is 14.7 Å². The number of carboxylic acids is 1. The van der Waals surface area contributed by atoms with Crippen LogP contribution in [0.15, 0.2) is 36.5 Å². The number of halogens is 1. The van der Waals surface area contributed by atoms with Crippen LogP contribution in [0.25, 0.3) is 0 Å². The minimum atomic E-state index is -1.00. The predicted octanol–water partition coefficient (Wildman–Crippen LogP) is 3.06. The van der Waals surface area contributed by atoms with Gasteiger partial charge in [-0.15, -0.1) is 0 Å². The van der Waals surface area contributed by atoms with Gasteiger partial charge in [0.25, 0.3) is 5.91 Å². The van der Waals surface area contributed by atoms with Crippen molar-refractivity contribution >= 4 is 23.5 Å². The van der Waals surface area contributed by atoms with E-state index < -0.39 is 17.9 Å². The number of carboxylic acid groups (broad SMARTS) is 1. The summed E-state index contributed by atoms with van der Waals surface area (Å²) in [5.41, 5.74) is 0.927. The summed E-state index contributed by atoms with van der Waals surface area (Å²) in [5, 5.41) is 16.5. The Morgan fingerprint density at radius 2 is 1.91 bits per heavy atom. The van der Waals surface area contributed by atoms with Gasteiger partial charge in [-0.25, -0.2) is 0 Å². The van der Waals surface area contributed by atoms with Crippen molar-refractivity contribution in [3.05, 3.63) is 52.8 Å². The van der Waals surface area contributed by atoms with Gasteiger partial charge in [0.2, 0.25) is 0 Å². The van der Waals surface area contributed by atoms with Crippen LogP contribution in [0.4, 0.5) is 0 Å². The van der Waals surface area contributed by atoms with Crippen LogP contribution < -0.4 is 5.32 Å². The summed E-state index contributed by atoms with van der Waals surface area (Å²) in [6, 6.07) is 7.81. The van der Waals surface area contributed by atoms with Gasteiger partial charge in [-0.3, -0.25) is 14.3 Å². The largest absolute Gasteiger partial charge is 0.481 e. The monoisotopic (exact) mass is 335 g/mol. The maximum absolute atomic E-state index is 12.3. The Morgan fingerprint density at radius 3 is 2.43 bits per heavy atom. The van der Waals surface area contributed by atoms with E-state index in [2.05, 4.69) is 10.4 Å². The number of benzene rings is 1. The molecule has 0 unspecified atom stereocenters. The van der Waals surface area contributed by atoms with Crippen LogP contribution in [0.5, 0.6) is 0 Å². The molecule has 1 amide bonds. The minimum absolute atomic E-state index is 0.141. The van der Waals surface area contributed by atoms with E-state index in [4.69, 9.17) is 16.7 Å². The summed E-state index contributed by atoms with van der Waals surface area (Å²) in [6.45, 7) is 3.91. The summed E-state index contributed by atoms with van der Waals surface area (Å²) in [7, 11) is 0. The fourth-order valence-electron chi connectivity index (χ4n) is 2.10. The van der Waals surface area contributed by atoms with Gasteiger partial charge in [-0.05, 0) is 37.6 Å². The standard InChI is InChI=1S/C16H18ClN3O3/c1-10(2)20-8-7-13(19-20)16(23)18-14(9-15(21)22)11-3-5-12(17)6-4-11/h3-8,10,14H,9H2,1-2H3,(H,18,23)(H,21,22)/t14-/m0/s1. The Bertz CT molecular complexity index is 695. The molecule has 2 aromatic rings. The number of carbonyl (C=O) groups excluding carboxylic acids is 1. The first-order valence-electron chi connectivity index (χ1n) is 7.20. The lowest BCUT2D eigenvalue weighted by Gasteiger charge is -2.17. The molecule has 0 spiro atoms. The second kappa shape index (κ2) is 7.28. The van der Waals surface area contributed by atoms with Gasteiger partial charge in [0, 0.05) is 17.3 Å². The van der Waals surface area contributed by atoms with Crippen LogP contribution in [0.1, 0.15) is 48.4 Å². The fraction of sp³-hybridized carbons (Fsp3) is 0.312. The molecule has 0 aliphatic heterocycles. The van der Waals surface area contributed by atoms with Gasteiger partial charge >= 0.3 is 5.97 Å². The van der Waals surface area contributed by atoms with Crippen molar-refractivity contribution in [1.29, 1.82) is 0 Å². The molecule has 2 rings (SSSR count). The maximum Gasteiger partial charge on any atom is 0.305 e. The van der Waals surface area contributed by atoms with Gasteiger partial charge in [0.15, 0.2) is 0 Å². The molecular formula is C16H18ClN3O3. The second-order valence-corrected chi connectivity index (χ2v) is 5.89. The Kier molecular flexibility index (Phi) is 5.39. The lowest BCUT2D eigenvalue weighted by molar-refractivity contribution is -0.137. The molecule has 1 heterocycles. The third-order valence-corrected chi connectivity index (χ3v) is 3.58. The number of rotatable bonds is 6. The lowest BCUT2D eigenvalue weighted by atomic mass is 10.0. The van der Waals surface area contributed by atoms with Crippen molar-refractivity contribution in [2.45, 2.75) is 32.4 Å². The molecule has 0 radical (unpaired) electrons. The zero-order valence-electron chi connectivity index (χ0n) is 12.9. The van der Waals surface area contributed by atoms with Crippen LogP contribution in [0, 0.1) is 0 Å².